The van der Waals surface area contributed by atoms with E-state index < -0.39 is 0 Å². The Hall–Kier alpha value is -1.55. The quantitative estimate of drug-likeness (QED) is 0.709. The minimum absolute atomic E-state index is 0.0575. The number of carbonyl (C=O) groups is 1. The number of nitrogens with zero attached hydrogens (tertiary/aromatic N) is 1. The van der Waals surface area contributed by atoms with Crippen LogP contribution in [-0.2, 0) is 11.2 Å². The van der Waals surface area contributed by atoms with Gasteiger partial charge >= 0.3 is 0 Å². The third-order valence-corrected chi connectivity index (χ3v) is 2.82. The molecule has 3 N–H and O–H groups in total. The number of nitrogens with two attached hydrogens (primary N) is 1. The highest BCUT2D eigenvalue weighted by atomic mass is 16.3. The third-order valence-electron chi connectivity index (χ3n) is 2.82. The molecular weight excluding hydrogens is 204 g/mol. The fourth-order valence-corrected chi connectivity index (χ4v) is 1.96. The Morgan fingerprint density at radius 3 is 3.00 bits per heavy atom. The lowest BCUT2D eigenvalue weighted by atomic mass is 10.1. The molecule has 1 aliphatic heterocycles. The number of benzene rings is 1. The summed E-state index contributed by atoms with van der Waals surface area (Å²) in [5.74, 6) is 0.0575. The van der Waals surface area contributed by atoms with Crippen LogP contribution in [0.1, 0.15) is 12.0 Å². The van der Waals surface area contributed by atoms with Crippen LogP contribution in [0, 0.1) is 0 Å². The summed E-state index contributed by atoms with van der Waals surface area (Å²) in [7, 11) is 0. The molecule has 4 heteroatoms. The highest BCUT2D eigenvalue weighted by Crippen LogP contribution is 2.13. The molecule has 1 amide bonds. The van der Waals surface area contributed by atoms with Crippen LogP contribution < -0.4 is 5.73 Å². The largest absolute Gasteiger partial charge is 0.399 e. The van der Waals surface area contributed by atoms with Gasteiger partial charge in [-0.3, -0.25) is 4.79 Å². The van der Waals surface area contributed by atoms with Gasteiger partial charge in [-0.2, -0.15) is 0 Å². The summed E-state index contributed by atoms with van der Waals surface area (Å²) in [6.45, 7) is 1.11. The van der Waals surface area contributed by atoms with Crippen LogP contribution in [-0.4, -0.2) is 35.1 Å². The second-order valence-electron chi connectivity index (χ2n) is 4.20. The van der Waals surface area contributed by atoms with E-state index in [0.717, 1.165) is 5.56 Å². The van der Waals surface area contributed by atoms with Gasteiger partial charge in [0.15, 0.2) is 0 Å². The lowest BCUT2D eigenvalue weighted by Gasteiger charge is -2.15. The molecule has 0 spiro atoms. The van der Waals surface area contributed by atoms with E-state index in [1.807, 2.05) is 18.2 Å². The van der Waals surface area contributed by atoms with E-state index in [-0.39, 0.29) is 12.0 Å². The molecule has 0 unspecified atom stereocenters. The van der Waals surface area contributed by atoms with Gasteiger partial charge in [0.25, 0.3) is 0 Å². The van der Waals surface area contributed by atoms with Gasteiger partial charge in [-0.15, -0.1) is 0 Å². The molecule has 0 aliphatic carbocycles. The first-order chi connectivity index (χ1) is 7.65. The molecule has 1 aromatic rings. The molecule has 16 heavy (non-hydrogen) atoms. The van der Waals surface area contributed by atoms with Crippen molar-refractivity contribution in [2.24, 2.45) is 0 Å². The van der Waals surface area contributed by atoms with Gasteiger partial charge in [-0.05, 0) is 24.1 Å². The van der Waals surface area contributed by atoms with Crippen LogP contribution in [0.2, 0.25) is 0 Å². The van der Waals surface area contributed by atoms with Gasteiger partial charge < -0.3 is 15.7 Å². The molecule has 1 heterocycles. The zero-order valence-electron chi connectivity index (χ0n) is 9.10. The fraction of sp³-hybridized carbons (Fsp3) is 0.417. The van der Waals surface area contributed by atoms with Gasteiger partial charge in [0, 0.05) is 18.8 Å². The van der Waals surface area contributed by atoms with Gasteiger partial charge in [0.2, 0.25) is 5.91 Å². The van der Waals surface area contributed by atoms with Crippen molar-refractivity contribution in [2.75, 3.05) is 18.8 Å². The lowest BCUT2D eigenvalue weighted by Crippen LogP contribution is -2.30. The second kappa shape index (κ2) is 4.53. The molecule has 0 aromatic heterocycles. The Bertz CT molecular complexity index is 392. The molecule has 86 valence electrons. The predicted molar refractivity (Wildman–Crippen MR) is 61.8 cm³/mol. The number of rotatable bonds is 2. The van der Waals surface area contributed by atoms with Crippen LogP contribution in [0.3, 0.4) is 0 Å². The normalized spacial score (nSPS) is 20.1. The third kappa shape index (κ3) is 2.52. The molecular formula is C12H16N2O2. The van der Waals surface area contributed by atoms with Crippen molar-refractivity contribution in [3.05, 3.63) is 29.8 Å². The summed E-state index contributed by atoms with van der Waals surface area (Å²) in [6.07, 6.45) is 0.685. The van der Waals surface area contributed by atoms with Crippen molar-refractivity contribution in [1.29, 1.82) is 0 Å². The van der Waals surface area contributed by atoms with Crippen LogP contribution in [0.4, 0.5) is 5.69 Å². The Kier molecular flexibility index (Phi) is 3.10. The van der Waals surface area contributed by atoms with Crippen LogP contribution >= 0.6 is 0 Å². The van der Waals surface area contributed by atoms with Crippen molar-refractivity contribution in [3.63, 3.8) is 0 Å². The van der Waals surface area contributed by atoms with Crippen molar-refractivity contribution in [1.82, 2.24) is 4.90 Å². The number of β-amino-alcohol motifs (C(OH)–C–C–N with tert-alkyl or cyclic N) is 1. The zero-order valence-corrected chi connectivity index (χ0v) is 9.10. The maximum absolute atomic E-state index is 11.8. The van der Waals surface area contributed by atoms with Gasteiger partial charge in [-0.1, -0.05) is 12.1 Å². The fourth-order valence-electron chi connectivity index (χ4n) is 1.96. The Labute approximate surface area is 94.7 Å². The minimum Gasteiger partial charge on any atom is -0.399 e. The van der Waals surface area contributed by atoms with Crippen molar-refractivity contribution >= 4 is 11.6 Å². The minimum atomic E-state index is -0.357. The van der Waals surface area contributed by atoms with E-state index in [9.17, 15) is 9.90 Å². The average Bonchev–Trinajstić information content (AvgIpc) is 2.65. The summed E-state index contributed by atoms with van der Waals surface area (Å²) in [4.78, 5) is 13.5. The molecule has 2 rings (SSSR count). The Morgan fingerprint density at radius 1 is 1.56 bits per heavy atom. The molecule has 4 nitrogen and oxygen atoms in total. The summed E-state index contributed by atoms with van der Waals surface area (Å²) in [5, 5.41) is 9.34. The molecule has 1 aliphatic rings. The van der Waals surface area contributed by atoms with E-state index in [0.29, 0.717) is 31.6 Å². The Morgan fingerprint density at radius 2 is 2.38 bits per heavy atom. The van der Waals surface area contributed by atoms with E-state index in [4.69, 9.17) is 5.73 Å². The predicted octanol–water partition coefficient (Wildman–Crippen LogP) is 0.404. The maximum Gasteiger partial charge on any atom is 0.227 e. The number of anilines is 1. The molecule has 0 saturated carbocycles. The van der Waals surface area contributed by atoms with Gasteiger partial charge in [0.1, 0.15) is 0 Å². The number of carbonyl (C=O) groups excluding carboxylic acids is 1. The summed E-state index contributed by atoms with van der Waals surface area (Å²) >= 11 is 0. The first-order valence-corrected chi connectivity index (χ1v) is 5.45. The molecule has 1 saturated heterocycles. The summed E-state index contributed by atoms with van der Waals surface area (Å²) < 4.78 is 0. The first kappa shape index (κ1) is 11.0. The van der Waals surface area contributed by atoms with Crippen LogP contribution in [0.15, 0.2) is 24.3 Å². The molecule has 1 fully saturated rings. The second-order valence-corrected chi connectivity index (χ2v) is 4.20. The Balaban J connectivity index is 1.97. The van der Waals surface area contributed by atoms with Crippen molar-refractivity contribution < 1.29 is 9.90 Å². The van der Waals surface area contributed by atoms with Crippen LogP contribution in [0.25, 0.3) is 0 Å². The highest BCUT2D eigenvalue weighted by Gasteiger charge is 2.24. The number of hydrogen-bond donors (Lipinski definition) is 2. The van der Waals surface area contributed by atoms with E-state index in [2.05, 4.69) is 0 Å². The number of hydrogen-bond acceptors (Lipinski definition) is 3. The van der Waals surface area contributed by atoms with E-state index in [1.54, 1.807) is 11.0 Å². The molecule has 0 radical (unpaired) electrons. The van der Waals surface area contributed by atoms with E-state index >= 15 is 0 Å². The van der Waals surface area contributed by atoms with Gasteiger partial charge in [-0.25, -0.2) is 0 Å². The lowest BCUT2D eigenvalue weighted by molar-refractivity contribution is -0.129. The first-order valence-electron chi connectivity index (χ1n) is 5.45. The maximum atomic E-state index is 11.8. The van der Waals surface area contributed by atoms with Crippen molar-refractivity contribution in [3.8, 4) is 0 Å². The number of amides is 1. The number of aliphatic hydroxyl groups excluding tert-OH is 1. The number of likely N-dealkylation sites (tertiary alicyclic amines) is 1. The molecule has 1 aromatic carbocycles. The highest BCUT2D eigenvalue weighted by molar-refractivity contribution is 5.79. The summed E-state index contributed by atoms with van der Waals surface area (Å²) in [6, 6.07) is 7.34. The smallest absolute Gasteiger partial charge is 0.227 e. The standard InChI is InChI=1S/C12H16N2O2/c13-10-3-1-2-9(6-10)7-12(16)14-5-4-11(15)8-14/h1-3,6,11,15H,4-5,7-8,13H2/t11-/m0/s1. The molecule has 1 atom stereocenters. The number of nitrogen functional groups attached to an aromatic ring is 1. The topological polar surface area (TPSA) is 66.6 Å². The SMILES string of the molecule is Nc1cccc(CC(=O)N2CC[C@H](O)C2)c1. The summed E-state index contributed by atoms with van der Waals surface area (Å²) in [5.41, 5.74) is 7.24. The van der Waals surface area contributed by atoms with Gasteiger partial charge in [0.05, 0.1) is 12.5 Å². The zero-order chi connectivity index (χ0) is 11.5. The molecule has 0 bridgehead atoms. The van der Waals surface area contributed by atoms with E-state index in [1.165, 1.54) is 0 Å². The average molecular weight is 220 g/mol. The monoisotopic (exact) mass is 220 g/mol. The number of aliphatic hydroxyl groups is 1. The van der Waals surface area contributed by atoms with Crippen molar-refractivity contribution in [2.45, 2.75) is 18.9 Å². The van der Waals surface area contributed by atoms with Crippen LogP contribution in [0.5, 0.6) is 0 Å².